The molecule has 120 valence electrons. The number of hydrogen-bond donors (Lipinski definition) is 5. The fourth-order valence-electron chi connectivity index (χ4n) is 1.61. The molecule has 0 aliphatic rings. The van der Waals surface area contributed by atoms with E-state index in [1.54, 1.807) is 13.8 Å². The first-order chi connectivity index (χ1) is 9.63. The van der Waals surface area contributed by atoms with Crippen LogP contribution in [0.4, 0.5) is 0 Å². The minimum absolute atomic E-state index is 0.0105. The van der Waals surface area contributed by atoms with Crippen molar-refractivity contribution < 1.29 is 34.5 Å². The molecular weight excluding hydrogens is 284 g/mol. The highest BCUT2D eigenvalue weighted by molar-refractivity contribution is 5.89. The van der Waals surface area contributed by atoms with Gasteiger partial charge in [0.05, 0.1) is 19.0 Å². The highest BCUT2D eigenvalue weighted by Crippen LogP contribution is 2.06. The minimum atomic E-state index is -1.31. The Morgan fingerprint density at radius 1 is 0.952 bits per heavy atom. The lowest BCUT2D eigenvalue weighted by atomic mass is 10.0. The molecule has 9 nitrogen and oxygen atoms in total. The maximum atomic E-state index is 11.9. The molecule has 1 amide bonds. The Morgan fingerprint density at radius 3 is 1.90 bits per heavy atom. The third-order valence-corrected chi connectivity index (χ3v) is 2.52. The van der Waals surface area contributed by atoms with E-state index in [0.717, 1.165) is 0 Å². The zero-order valence-electron chi connectivity index (χ0n) is 11.8. The molecule has 0 aliphatic heterocycles. The molecule has 0 fully saturated rings. The van der Waals surface area contributed by atoms with Gasteiger partial charge in [0.2, 0.25) is 5.91 Å². The Balaban J connectivity index is 4.79. The van der Waals surface area contributed by atoms with Gasteiger partial charge in [0, 0.05) is 0 Å². The molecule has 21 heavy (non-hydrogen) atoms. The van der Waals surface area contributed by atoms with Crippen molar-refractivity contribution in [1.29, 1.82) is 0 Å². The number of rotatable bonds is 10. The Hall–Kier alpha value is -2.16. The molecule has 0 aliphatic carbocycles. The van der Waals surface area contributed by atoms with Gasteiger partial charge in [-0.15, -0.1) is 0 Å². The van der Waals surface area contributed by atoms with Crippen molar-refractivity contribution in [1.82, 2.24) is 10.6 Å². The molecule has 2 atom stereocenters. The molecule has 0 aromatic heterocycles. The Morgan fingerprint density at radius 2 is 1.52 bits per heavy atom. The summed E-state index contributed by atoms with van der Waals surface area (Å²) in [5.41, 5.74) is 0. The van der Waals surface area contributed by atoms with E-state index in [-0.39, 0.29) is 12.3 Å². The van der Waals surface area contributed by atoms with Gasteiger partial charge >= 0.3 is 17.9 Å². The van der Waals surface area contributed by atoms with Crippen LogP contribution in [-0.2, 0) is 19.2 Å². The summed E-state index contributed by atoms with van der Waals surface area (Å²) in [6.07, 6.45) is -0.465. The summed E-state index contributed by atoms with van der Waals surface area (Å²) in [6.45, 7) is 2.95. The molecule has 5 N–H and O–H groups in total. The second-order valence-electron chi connectivity index (χ2n) is 4.95. The molecule has 0 bridgehead atoms. The summed E-state index contributed by atoms with van der Waals surface area (Å²) in [5.74, 6) is -4.63. The van der Waals surface area contributed by atoms with Crippen LogP contribution in [0.1, 0.15) is 26.7 Å². The first kappa shape index (κ1) is 18.8. The van der Waals surface area contributed by atoms with E-state index in [9.17, 15) is 19.2 Å². The van der Waals surface area contributed by atoms with E-state index in [2.05, 4.69) is 10.6 Å². The van der Waals surface area contributed by atoms with Gasteiger partial charge in [0.25, 0.3) is 0 Å². The zero-order valence-corrected chi connectivity index (χ0v) is 11.8. The normalized spacial score (nSPS) is 13.5. The van der Waals surface area contributed by atoms with Crippen LogP contribution in [0.3, 0.4) is 0 Å². The van der Waals surface area contributed by atoms with Gasteiger partial charge in [0.15, 0.2) is 0 Å². The van der Waals surface area contributed by atoms with Crippen LogP contribution in [-0.4, -0.2) is 57.8 Å². The maximum Gasteiger partial charge on any atom is 0.326 e. The average molecular weight is 304 g/mol. The summed E-state index contributed by atoms with van der Waals surface area (Å²) in [4.78, 5) is 44.1. The number of amides is 1. The van der Waals surface area contributed by atoms with Gasteiger partial charge in [-0.3, -0.25) is 19.7 Å². The van der Waals surface area contributed by atoms with Crippen LogP contribution >= 0.6 is 0 Å². The monoisotopic (exact) mass is 304 g/mol. The predicted octanol–water partition coefficient (Wildman–Crippen LogP) is -0.881. The summed E-state index contributed by atoms with van der Waals surface area (Å²) in [5, 5.41) is 30.7. The minimum Gasteiger partial charge on any atom is -0.481 e. The highest BCUT2D eigenvalue weighted by Gasteiger charge is 2.27. The van der Waals surface area contributed by atoms with Crippen LogP contribution in [0.15, 0.2) is 0 Å². The molecule has 0 aromatic carbocycles. The van der Waals surface area contributed by atoms with Gasteiger partial charge < -0.3 is 20.6 Å². The lowest BCUT2D eigenvalue weighted by Gasteiger charge is -2.20. The van der Waals surface area contributed by atoms with E-state index in [1.165, 1.54) is 0 Å². The third-order valence-electron chi connectivity index (χ3n) is 2.52. The van der Waals surface area contributed by atoms with Gasteiger partial charge in [-0.25, -0.2) is 4.79 Å². The number of carbonyl (C=O) groups excluding carboxylic acids is 1. The number of carboxylic acid groups (broad SMARTS) is 3. The molecule has 0 saturated heterocycles. The standard InChI is InChI=1S/C12H20N2O7/c1-6(2)3-8(12(20)21)14-11(19)7(4-9(15)16)13-5-10(17)18/h6-8,13H,3-5H2,1-2H3,(H,14,19)(H,15,16)(H,17,18)(H,20,21)/t7-,8-/m0/s1. The molecule has 0 rings (SSSR count). The SMILES string of the molecule is CC(C)C[C@H](NC(=O)[C@H](CC(=O)O)NCC(=O)O)C(=O)O. The second kappa shape index (κ2) is 8.90. The van der Waals surface area contributed by atoms with Crippen molar-refractivity contribution in [2.24, 2.45) is 5.92 Å². The number of carbonyl (C=O) groups is 4. The second-order valence-corrected chi connectivity index (χ2v) is 4.95. The molecular formula is C12H20N2O7. The van der Waals surface area contributed by atoms with E-state index in [4.69, 9.17) is 15.3 Å². The summed E-state index contributed by atoms with van der Waals surface area (Å²) >= 11 is 0. The largest absolute Gasteiger partial charge is 0.481 e. The molecule has 0 heterocycles. The Labute approximate surface area is 121 Å². The molecule has 0 aromatic rings. The molecule has 0 saturated carbocycles. The van der Waals surface area contributed by atoms with Crippen molar-refractivity contribution in [2.75, 3.05) is 6.54 Å². The summed E-state index contributed by atoms with van der Waals surface area (Å²) < 4.78 is 0. The predicted molar refractivity (Wildman–Crippen MR) is 70.7 cm³/mol. The van der Waals surface area contributed by atoms with Crippen LogP contribution < -0.4 is 10.6 Å². The van der Waals surface area contributed by atoms with Gasteiger partial charge in [0.1, 0.15) is 6.04 Å². The number of aliphatic carboxylic acids is 3. The third kappa shape index (κ3) is 8.58. The number of hydrogen-bond acceptors (Lipinski definition) is 5. The number of carboxylic acids is 3. The smallest absolute Gasteiger partial charge is 0.326 e. The molecule has 0 radical (unpaired) electrons. The molecule has 0 spiro atoms. The van der Waals surface area contributed by atoms with Crippen molar-refractivity contribution in [3.05, 3.63) is 0 Å². The first-order valence-electron chi connectivity index (χ1n) is 6.33. The van der Waals surface area contributed by atoms with Crippen molar-refractivity contribution in [3.63, 3.8) is 0 Å². The summed E-state index contributed by atoms with van der Waals surface area (Å²) in [6, 6.07) is -2.46. The Bertz CT molecular complexity index is 408. The van der Waals surface area contributed by atoms with Gasteiger partial charge in [-0.05, 0) is 12.3 Å². The van der Waals surface area contributed by atoms with Crippen molar-refractivity contribution >= 4 is 23.8 Å². The maximum absolute atomic E-state index is 11.9. The average Bonchev–Trinajstić information content (AvgIpc) is 2.32. The fourth-order valence-corrected chi connectivity index (χ4v) is 1.61. The Kier molecular flexibility index (Phi) is 7.99. The van der Waals surface area contributed by atoms with Crippen molar-refractivity contribution in [2.45, 2.75) is 38.8 Å². The van der Waals surface area contributed by atoms with Crippen LogP contribution in [0.5, 0.6) is 0 Å². The van der Waals surface area contributed by atoms with Crippen molar-refractivity contribution in [3.8, 4) is 0 Å². The number of nitrogens with one attached hydrogen (secondary N) is 2. The van der Waals surface area contributed by atoms with Gasteiger partial charge in [-0.2, -0.15) is 0 Å². The highest BCUT2D eigenvalue weighted by atomic mass is 16.4. The lowest BCUT2D eigenvalue weighted by Crippen LogP contribution is -2.52. The fraction of sp³-hybridized carbons (Fsp3) is 0.667. The molecule has 9 heteroatoms. The zero-order chi connectivity index (χ0) is 16.6. The topological polar surface area (TPSA) is 153 Å². The van der Waals surface area contributed by atoms with E-state index in [0.29, 0.717) is 0 Å². The van der Waals surface area contributed by atoms with E-state index in [1.807, 2.05) is 0 Å². The van der Waals surface area contributed by atoms with E-state index >= 15 is 0 Å². The van der Waals surface area contributed by atoms with Crippen LogP contribution in [0.25, 0.3) is 0 Å². The van der Waals surface area contributed by atoms with E-state index < -0.39 is 48.9 Å². The van der Waals surface area contributed by atoms with Gasteiger partial charge in [-0.1, -0.05) is 13.8 Å². The quantitative estimate of drug-likeness (QED) is 0.349. The first-order valence-corrected chi connectivity index (χ1v) is 6.33. The summed E-state index contributed by atoms with van der Waals surface area (Å²) in [7, 11) is 0. The van der Waals surface area contributed by atoms with Crippen LogP contribution in [0, 0.1) is 5.92 Å². The lowest BCUT2D eigenvalue weighted by molar-refractivity contribution is -0.144. The molecule has 0 unspecified atom stereocenters. The van der Waals surface area contributed by atoms with Crippen LogP contribution in [0.2, 0.25) is 0 Å².